The molecule has 1 aliphatic carbocycles. The van der Waals surface area contributed by atoms with Crippen molar-refractivity contribution in [2.45, 2.75) is 116 Å². The zero-order chi connectivity index (χ0) is 42.7. The van der Waals surface area contributed by atoms with Crippen molar-refractivity contribution >= 4 is 42.0 Å². The molecule has 58 heavy (non-hydrogen) atoms. The molecule has 4 rings (SSSR count). The average molecular weight is 815 g/mol. The van der Waals surface area contributed by atoms with Crippen LogP contribution in [0.5, 0.6) is 0 Å². The van der Waals surface area contributed by atoms with E-state index in [4.69, 9.17) is 37.9 Å². The van der Waals surface area contributed by atoms with Gasteiger partial charge in [0.25, 0.3) is 0 Å². The normalized spacial score (nSPS) is 20.8. The van der Waals surface area contributed by atoms with Gasteiger partial charge in [0, 0.05) is 40.2 Å². The quantitative estimate of drug-likeness (QED) is 0.162. The molecule has 2 aliphatic rings. The summed E-state index contributed by atoms with van der Waals surface area (Å²) in [5.41, 5.74) is 3.06. The summed E-state index contributed by atoms with van der Waals surface area (Å²) in [7, 11) is 0. The van der Waals surface area contributed by atoms with Crippen molar-refractivity contribution in [1.82, 2.24) is 10.6 Å². The Morgan fingerprint density at radius 3 is 1.79 bits per heavy atom. The summed E-state index contributed by atoms with van der Waals surface area (Å²) in [5.74, 6) is -4.97. The standard InChI is InChI=1S/C40H50N2O16/c1-21(43)51-20-32-33(53-22(2)44)34(54-23(3)45)35(55-24(4)46)37(57-32)56-25(18-41-38(49)58-40(5,6)7)16-17-31(36(47)48)42-39(50)52-19-30-28-14-10-8-12-26(28)27-13-9-11-15-29(27)30/h8-15,25,30-35,37H,16-20H2,1-7H3,(H,41,49)(H,42,50)(H,47,48)/t25?,31-,32+,33-,34-,35+,37+/m0/s1. The van der Waals surface area contributed by atoms with Crippen molar-refractivity contribution in [3.63, 3.8) is 0 Å². The van der Waals surface area contributed by atoms with Gasteiger partial charge in [-0.15, -0.1) is 0 Å². The van der Waals surface area contributed by atoms with Gasteiger partial charge >= 0.3 is 42.0 Å². The predicted molar refractivity (Wildman–Crippen MR) is 200 cm³/mol. The number of amides is 2. The van der Waals surface area contributed by atoms with Crippen LogP contribution in [0.25, 0.3) is 11.1 Å². The molecule has 18 nitrogen and oxygen atoms in total. The number of carbonyl (C=O) groups is 7. The Morgan fingerprint density at radius 1 is 0.707 bits per heavy atom. The number of nitrogens with one attached hydrogen (secondary N) is 2. The number of fused-ring (bicyclic) bond motifs is 3. The van der Waals surface area contributed by atoms with Crippen LogP contribution in [0, 0.1) is 0 Å². The summed E-state index contributed by atoms with van der Waals surface area (Å²) in [4.78, 5) is 86.8. The Labute approximate surface area is 335 Å². The molecular formula is C40H50N2O16. The first-order valence-corrected chi connectivity index (χ1v) is 18.6. The molecule has 2 aromatic rings. The van der Waals surface area contributed by atoms with Gasteiger partial charge in [-0.05, 0) is 55.9 Å². The van der Waals surface area contributed by atoms with E-state index >= 15 is 0 Å². The first kappa shape index (κ1) is 45.0. The number of carboxylic acid groups (broad SMARTS) is 1. The maximum atomic E-state index is 13.1. The van der Waals surface area contributed by atoms with Gasteiger partial charge in [-0.1, -0.05) is 48.5 Å². The van der Waals surface area contributed by atoms with Gasteiger partial charge in [0.15, 0.2) is 24.6 Å². The molecule has 0 bridgehead atoms. The van der Waals surface area contributed by atoms with E-state index in [0.29, 0.717) is 0 Å². The lowest BCUT2D eigenvalue weighted by Crippen LogP contribution is -2.63. The number of esters is 4. The second-order valence-corrected chi connectivity index (χ2v) is 14.6. The molecule has 18 heteroatoms. The number of alkyl carbamates (subject to hydrolysis) is 2. The third kappa shape index (κ3) is 12.9. The molecule has 7 atom stereocenters. The second-order valence-electron chi connectivity index (χ2n) is 14.6. The average Bonchev–Trinajstić information content (AvgIpc) is 3.44. The molecule has 0 radical (unpaired) electrons. The summed E-state index contributed by atoms with van der Waals surface area (Å²) < 4.78 is 44.6. The fraction of sp³-hybridized carbons (Fsp3) is 0.525. The smallest absolute Gasteiger partial charge is 0.407 e. The largest absolute Gasteiger partial charge is 0.480 e. The molecule has 3 N–H and O–H groups in total. The van der Waals surface area contributed by atoms with Gasteiger partial charge in [-0.25, -0.2) is 14.4 Å². The first-order valence-electron chi connectivity index (χ1n) is 18.6. The Kier molecular flexibility index (Phi) is 15.6. The van der Waals surface area contributed by atoms with Crippen LogP contribution in [0.1, 0.15) is 78.4 Å². The van der Waals surface area contributed by atoms with E-state index in [1.807, 2.05) is 48.5 Å². The van der Waals surface area contributed by atoms with Gasteiger partial charge in [0.1, 0.15) is 31.0 Å². The van der Waals surface area contributed by atoms with Crippen LogP contribution in [0.2, 0.25) is 0 Å². The van der Waals surface area contributed by atoms with E-state index in [9.17, 15) is 38.7 Å². The fourth-order valence-corrected chi connectivity index (χ4v) is 6.61. The zero-order valence-corrected chi connectivity index (χ0v) is 33.3. The Morgan fingerprint density at radius 2 is 1.26 bits per heavy atom. The van der Waals surface area contributed by atoms with Crippen LogP contribution in [-0.4, -0.2) is 115 Å². The highest BCUT2D eigenvalue weighted by molar-refractivity contribution is 5.81. The van der Waals surface area contributed by atoms with E-state index in [-0.39, 0.29) is 31.9 Å². The Hall–Kier alpha value is -5.75. The van der Waals surface area contributed by atoms with Crippen molar-refractivity contribution in [2.75, 3.05) is 19.8 Å². The van der Waals surface area contributed by atoms with Gasteiger partial charge in [0.05, 0.1) is 6.10 Å². The summed E-state index contributed by atoms with van der Waals surface area (Å²) in [6.07, 6.45) is -11.1. The Balaban J connectivity index is 1.55. The van der Waals surface area contributed by atoms with Crippen LogP contribution < -0.4 is 10.6 Å². The maximum Gasteiger partial charge on any atom is 0.407 e. The number of benzene rings is 2. The summed E-state index contributed by atoms with van der Waals surface area (Å²) >= 11 is 0. The van der Waals surface area contributed by atoms with Crippen molar-refractivity contribution in [1.29, 1.82) is 0 Å². The second kappa shape index (κ2) is 20.1. The molecule has 1 heterocycles. The predicted octanol–water partition coefficient (Wildman–Crippen LogP) is 3.75. The molecule has 0 spiro atoms. The van der Waals surface area contributed by atoms with E-state index in [1.54, 1.807) is 20.8 Å². The van der Waals surface area contributed by atoms with Crippen LogP contribution in [0.15, 0.2) is 48.5 Å². The minimum atomic E-state index is -1.65. The highest BCUT2D eigenvalue weighted by Crippen LogP contribution is 2.44. The highest BCUT2D eigenvalue weighted by atomic mass is 16.7. The fourth-order valence-electron chi connectivity index (χ4n) is 6.61. The van der Waals surface area contributed by atoms with Crippen molar-refractivity contribution in [3.05, 3.63) is 59.7 Å². The van der Waals surface area contributed by atoms with Crippen LogP contribution in [-0.2, 0) is 61.9 Å². The number of ether oxygens (including phenoxy) is 8. The minimum Gasteiger partial charge on any atom is -0.480 e. The van der Waals surface area contributed by atoms with E-state index in [0.717, 1.165) is 49.9 Å². The van der Waals surface area contributed by atoms with Crippen molar-refractivity contribution < 1.29 is 76.6 Å². The topological polar surface area (TPSA) is 238 Å². The molecule has 0 aromatic heterocycles. The van der Waals surface area contributed by atoms with Crippen molar-refractivity contribution in [3.8, 4) is 11.1 Å². The third-order valence-electron chi connectivity index (χ3n) is 8.86. The molecule has 0 saturated carbocycles. The maximum absolute atomic E-state index is 13.1. The van der Waals surface area contributed by atoms with Crippen LogP contribution in [0.3, 0.4) is 0 Å². The number of rotatable bonds is 16. The minimum absolute atomic E-state index is 0.0688. The number of hydrogen-bond donors (Lipinski definition) is 3. The van der Waals surface area contributed by atoms with Gasteiger partial charge in [-0.2, -0.15) is 0 Å². The van der Waals surface area contributed by atoms with Gasteiger partial charge < -0.3 is 53.6 Å². The monoisotopic (exact) mass is 814 g/mol. The SMILES string of the molecule is CC(=O)OC[C@H]1O[C@@H](OC(CC[C@H](NC(=O)OCC2c3ccccc3-c3ccccc32)C(=O)O)CNC(=O)OC(C)(C)C)[C@H](OC(C)=O)[C@@H](OC(C)=O)[C@H]1OC(C)=O. The number of carbonyl (C=O) groups excluding carboxylic acids is 6. The van der Waals surface area contributed by atoms with Gasteiger partial charge in [-0.3, -0.25) is 19.2 Å². The number of hydrogen-bond acceptors (Lipinski definition) is 15. The lowest BCUT2D eigenvalue weighted by Gasteiger charge is -2.44. The van der Waals surface area contributed by atoms with E-state index < -0.39 is 97.1 Å². The Bertz CT molecular complexity index is 1780. The molecular weight excluding hydrogens is 764 g/mol. The molecule has 1 fully saturated rings. The third-order valence-corrected chi connectivity index (χ3v) is 8.86. The number of carboxylic acids is 1. The highest BCUT2D eigenvalue weighted by Gasteiger charge is 2.53. The zero-order valence-electron chi connectivity index (χ0n) is 33.3. The molecule has 1 aliphatic heterocycles. The molecule has 2 amide bonds. The number of aliphatic carboxylic acids is 1. The van der Waals surface area contributed by atoms with Gasteiger partial charge in [0.2, 0.25) is 0 Å². The molecule has 1 unspecified atom stereocenters. The molecule has 1 saturated heterocycles. The summed E-state index contributed by atoms with van der Waals surface area (Å²) in [5, 5.41) is 15.1. The molecule has 316 valence electrons. The van der Waals surface area contributed by atoms with E-state index in [2.05, 4.69) is 10.6 Å². The summed E-state index contributed by atoms with van der Waals surface area (Å²) in [6.45, 7) is 8.32. The van der Waals surface area contributed by atoms with Crippen LogP contribution >= 0.6 is 0 Å². The van der Waals surface area contributed by atoms with E-state index in [1.165, 1.54) is 0 Å². The van der Waals surface area contributed by atoms with Crippen molar-refractivity contribution in [2.24, 2.45) is 0 Å². The lowest BCUT2D eigenvalue weighted by molar-refractivity contribution is -0.316. The lowest BCUT2D eigenvalue weighted by atomic mass is 9.97. The summed E-state index contributed by atoms with van der Waals surface area (Å²) in [6, 6.07) is 13.9. The molecule has 2 aromatic carbocycles. The first-order chi connectivity index (χ1) is 27.3. The van der Waals surface area contributed by atoms with Crippen LogP contribution in [0.4, 0.5) is 9.59 Å².